The van der Waals surface area contributed by atoms with Gasteiger partial charge in [-0.1, -0.05) is 30.3 Å². The summed E-state index contributed by atoms with van der Waals surface area (Å²) in [6, 6.07) is 11.3. The molecule has 3 rings (SSSR count). The van der Waals surface area contributed by atoms with Gasteiger partial charge in [-0.25, -0.2) is 0 Å². The SMILES string of the molecule is CC1OCCC1SC1CC(c2ccccc2)CCC1N. The lowest BCUT2D eigenvalue weighted by Gasteiger charge is -2.35. The number of hydrogen-bond donors (Lipinski definition) is 1. The molecule has 5 unspecified atom stereocenters. The number of benzene rings is 1. The molecule has 1 aromatic rings. The Balaban J connectivity index is 1.64. The van der Waals surface area contributed by atoms with Crippen molar-refractivity contribution in [3.63, 3.8) is 0 Å². The lowest BCUT2D eigenvalue weighted by molar-refractivity contribution is 0.127. The first-order chi connectivity index (χ1) is 9.74. The van der Waals surface area contributed by atoms with Crippen molar-refractivity contribution < 1.29 is 4.74 Å². The van der Waals surface area contributed by atoms with Gasteiger partial charge in [0.2, 0.25) is 0 Å². The van der Waals surface area contributed by atoms with Gasteiger partial charge in [0.15, 0.2) is 0 Å². The highest BCUT2D eigenvalue weighted by atomic mass is 32.2. The number of hydrogen-bond acceptors (Lipinski definition) is 3. The van der Waals surface area contributed by atoms with Gasteiger partial charge in [-0.05, 0) is 44.1 Å². The van der Waals surface area contributed by atoms with Crippen LogP contribution in [0.25, 0.3) is 0 Å². The molecule has 1 saturated heterocycles. The summed E-state index contributed by atoms with van der Waals surface area (Å²) < 4.78 is 5.69. The molecule has 0 amide bonds. The zero-order chi connectivity index (χ0) is 13.9. The predicted octanol–water partition coefficient (Wildman–Crippen LogP) is 3.56. The van der Waals surface area contributed by atoms with Crippen LogP contribution in [0.15, 0.2) is 30.3 Å². The van der Waals surface area contributed by atoms with E-state index in [2.05, 4.69) is 49.0 Å². The standard InChI is InChI=1S/C17H25NOS/c1-12-16(9-10-19-12)20-17-11-14(7-8-15(17)18)13-5-3-2-4-6-13/h2-6,12,14-17H,7-11,18H2,1H3. The first-order valence-corrected chi connectivity index (χ1v) is 8.76. The van der Waals surface area contributed by atoms with E-state index in [9.17, 15) is 0 Å². The molecular formula is C17H25NOS. The van der Waals surface area contributed by atoms with Gasteiger partial charge in [0, 0.05) is 23.1 Å². The molecule has 2 N–H and O–H groups in total. The molecule has 5 atom stereocenters. The third-order valence-corrected chi connectivity index (χ3v) is 6.63. The molecule has 3 heteroatoms. The van der Waals surface area contributed by atoms with Crippen LogP contribution < -0.4 is 5.73 Å². The van der Waals surface area contributed by atoms with Gasteiger partial charge in [0.25, 0.3) is 0 Å². The molecular weight excluding hydrogens is 266 g/mol. The van der Waals surface area contributed by atoms with Crippen LogP contribution in [0.1, 0.15) is 44.1 Å². The minimum absolute atomic E-state index is 0.354. The van der Waals surface area contributed by atoms with Crippen molar-refractivity contribution in [3.05, 3.63) is 35.9 Å². The molecule has 0 spiro atoms. The summed E-state index contributed by atoms with van der Waals surface area (Å²) in [6.45, 7) is 3.12. The van der Waals surface area contributed by atoms with Crippen molar-refractivity contribution in [1.82, 2.24) is 0 Å². The van der Waals surface area contributed by atoms with Crippen LogP contribution in [-0.2, 0) is 4.74 Å². The molecule has 0 bridgehead atoms. The van der Waals surface area contributed by atoms with Gasteiger partial charge in [-0.15, -0.1) is 0 Å². The summed E-state index contributed by atoms with van der Waals surface area (Å²) in [5.74, 6) is 0.686. The van der Waals surface area contributed by atoms with E-state index in [0.29, 0.717) is 28.6 Å². The second-order valence-electron chi connectivity index (χ2n) is 6.16. The average Bonchev–Trinajstić information content (AvgIpc) is 2.88. The van der Waals surface area contributed by atoms with Gasteiger partial charge in [0.1, 0.15) is 0 Å². The van der Waals surface area contributed by atoms with Crippen LogP contribution >= 0.6 is 11.8 Å². The summed E-state index contributed by atoms with van der Waals surface area (Å²) >= 11 is 2.09. The first-order valence-electron chi connectivity index (χ1n) is 7.81. The third-order valence-electron chi connectivity index (χ3n) is 4.77. The molecule has 1 aromatic carbocycles. The van der Waals surface area contributed by atoms with Gasteiger partial charge in [-0.3, -0.25) is 0 Å². The second-order valence-corrected chi connectivity index (χ2v) is 7.65. The monoisotopic (exact) mass is 291 g/mol. The summed E-state index contributed by atoms with van der Waals surface area (Å²) in [4.78, 5) is 0. The first kappa shape index (κ1) is 14.4. The molecule has 0 aromatic heterocycles. The Morgan fingerprint density at radius 2 is 1.90 bits per heavy atom. The second kappa shape index (κ2) is 6.50. The van der Waals surface area contributed by atoms with Crippen LogP contribution in [0.4, 0.5) is 0 Å². The van der Waals surface area contributed by atoms with Crippen molar-refractivity contribution in [2.45, 2.75) is 61.2 Å². The number of nitrogens with two attached hydrogens (primary N) is 1. The summed E-state index contributed by atoms with van der Waals surface area (Å²) in [6.07, 6.45) is 5.19. The van der Waals surface area contributed by atoms with E-state index < -0.39 is 0 Å². The fraction of sp³-hybridized carbons (Fsp3) is 0.647. The highest BCUT2D eigenvalue weighted by molar-refractivity contribution is 8.00. The zero-order valence-corrected chi connectivity index (χ0v) is 13.0. The third kappa shape index (κ3) is 3.21. The van der Waals surface area contributed by atoms with Gasteiger partial charge < -0.3 is 10.5 Å². The molecule has 110 valence electrons. The maximum absolute atomic E-state index is 6.38. The van der Waals surface area contributed by atoms with E-state index in [1.54, 1.807) is 0 Å². The Hall–Kier alpha value is -0.510. The predicted molar refractivity (Wildman–Crippen MR) is 86.2 cm³/mol. The average molecular weight is 291 g/mol. The van der Waals surface area contributed by atoms with E-state index in [-0.39, 0.29) is 0 Å². The quantitative estimate of drug-likeness (QED) is 0.925. The Morgan fingerprint density at radius 1 is 1.10 bits per heavy atom. The maximum atomic E-state index is 6.38. The molecule has 2 aliphatic rings. The normalized spacial score (nSPS) is 38.0. The van der Waals surface area contributed by atoms with E-state index in [0.717, 1.165) is 13.0 Å². The van der Waals surface area contributed by atoms with Crippen molar-refractivity contribution in [3.8, 4) is 0 Å². The smallest absolute Gasteiger partial charge is 0.0666 e. The van der Waals surface area contributed by atoms with Gasteiger partial charge in [0.05, 0.1) is 6.10 Å². The Morgan fingerprint density at radius 3 is 2.60 bits per heavy atom. The molecule has 1 aliphatic heterocycles. The van der Waals surface area contributed by atoms with Crippen LogP contribution in [0, 0.1) is 0 Å². The molecule has 1 aliphatic carbocycles. The van der Waals surface area contributed by atoms with E-state index >= 15 is 0 Å². The molecule has 2 nitrogen and oxygen atoms in total. The molecule has 0 radical (unpaired) electrons. The van der Waals surface area contributed by atoms with Crippen LogP contribution in [-0.4, -0.2) is 29.3 Å². The summed E-state index contributed by atoms with van der Waals surface area (Å²) in [7, 11) is 0. The van der Waals surface area contributed by atoms with E-state index in [1.807, 2.05) is 0 Å². The molecule has 2 fully saturated rings. The summed E-state index contributed by atoms with van der Waals surface area (Å²) in [5, 5.41) is 1.23. The number of ether oxygens (including phenoxy) is 1. The minimum Gasteiger partial charge on any atom is -0.377 e. The minimum atomic E-state index is 0.354. The van der Waals surface area contributed by atoms with E-state index in [4.69, 9.17) is 10.5 Å². The fourth-order valence-electron chi connectivity index (χ4n) is 3.45. The lowest BCUT2D eigenvalue weighted by Crippen LogP contribution is -2.39. The van der Waals surface area contributed by atoms with Crippen LogP contribution in [0.5, 0.6) is 0 Å². The van der Waals surface area contributed by atoms with Gasteiger partial charge in [-0.2, -0.15) is 11.8 Å². The molecule has 20 heavy (non-hydrogen) atoms. The Kier molecular flexibility index (Phi) is 4.69. The lowest BCUT2D eigenvalue weighted by atomic mass is 9.82. The van der Waals surface area contributed by atoms with Crippen molar-refractivity contribution in [2.24, 2.45) is 5.73 Å². The largest absolute Gasteiger partial charge is 0.377 e. The van der Waals surface area contributed by atoms with E-state index in [1.165, 1.54) is 24.8 Å². The van der Waals surface area contributed by atoms with Crippen molar-refractivity contribution >= 4 is 11.8 Å². The highest BCUT2D eigenvalue weighted by Crippen LogP contribution is 2.41. The Bertz CT molecular complexity index is 424. The molecule has 1 saturated carbocycles. The topological polar surface area (TPSA) is 35.2 Å². The zero-order valence-electron chi connectivity index (χ0n) is 12.2. The number of thioether (sulfide) groups is 1. The Labute approximate surface area is 126 Å². The van der Waals surface area contributed by atoms with Crippen molar-refractivity contribution in [2.75, 3.05) is 6.61 Å². The van der Waals surface area contributed by atoms with Gasteiger partial charge >= 0.3 is 0 Å². The van der Waals surface area contributed by atoms with Crippen LogP contribution in [0.2, 0.25) is 0 Å². The van der Waals surface area contributed by atoms with Crippen LogP contribution in [0.3, 0.4) is 0 Å². The highest BCUT2D eigenvalue weighted by Gasteiger charge is 2.34. The number of rotatable bonds is 3. The summed E-state index contributed by atoms with van der Waals surface area (Å²) in [5.41, 5.74) is 7.87. The fourth-order valence-corrected chi connectivity index (χ4v) is 5.11. The van der Waals surface area contributed by atoms with Crippen molar-refractivity contribution in [1.29, 1.82) is 0 Å². The maximum Gasteiger partial charge on any atom is 0.0666 e. The molecule has 1 heterocycles.